The summed E-state index contributed by atoms with van der Waals surface area (Å²) in [6.45, 7) is 29.3. The highest BCUT2D eigenvalue weighted by Gasteiger charge is 2.50. The second kappa shape index (κ2) is 19.2. The lowest BCUT2D eigenvalue weighted by atomic mass is 9.79. The van der Waals surface area contributed by atoms with E-state index < -0.39 is 0 Å². The first-order chi connectivity index (χ1) is 32.6. The molecule has 0 aromatic heterocycles. The Hall–Kier alpha value is -6.34. The van der Waals surface area contributed by atoms with Crippen molar-refractivity contribution in [3.63, 3.8) is 0 Å². The van der Waals surface area contributed by atoms with E-state index in [4.69, 9.17) is 14.5 Å². The molecular weight excluding hydrogens is 847 g/mol. The molecule has 0 bridgehead atoms. The summed E-state index contributed by atoms with van der Waals surface area (Å²) in [6.07, 6.45) is 0. The summed E-state index contributed by atoms with van der Waals surface area (Å²) in [5.41, 5.74) is 12.5. The lowest BCUT2D eigenvalue weighted by Gasteiger charge is -2.29. The smallest absolute Gasteiger partial charge is 0.357 e. The Morgan fingerprint density at radius 2 is 0.957 bits per heavy atom. The van der Waals surface area contributed by atoms with Gasteiger partial charge in [0.15, 0.2) is 0 Å². The van der Waals surface area contributed by atoms with Crippen molar-refractivity contribution in [3.8, 4) is 11.5 Å². The zero-order chi connectivity index (χ0) is 49.5. The van der Waals surface area contributed by atoms with E-state index in [0.29, 0.717) is 13.1 Å². The molecule has 0 amide bonds. The first kappa shape index (κ1) is 49.1. The molecule has 2 heterocycles. The van der Waals surface area contributed by atoms with Gasteiger partial charge in [-0.15, -0.1) is 0 Å². The molecule has 6 aromatic rings. The van der Waals surface area contributed by atoms with E-state index in [1.807, 2.05) is 24.3 Å². The number of guanidine groups is 2. The molecule has 2 aliphatic heterocycles. The summed E-state index contributed by atoms with van der Waals surface area (Å²) in [7, 11) is 3.42. The normalized spacial score (nSPS) is 18.8. The highest BCUT2D eigenvalue weighted by atomic mass is 16.5. The molecule has 0 unspecified atom stereocenters. The first-order valence-corrected chi connectivity index (χ1v) is 24.8. The Labute approximate surface area is 413 Å². The van der Waals surface area contributed by atoms with E-state index in [-0.39, 0.29) is 45.8 Å². The number of nitrogens with one attached hydrogen (secondary N) is 2. The van der Waals surface area contributed by atoms with Gasteiger partial charge in [-0.1, -0.05) is 204 Å². The second-order valence-corrected chi connectivity index (χ2v) is 23.3. The number of ether oxygens (including phenoxy) is 2. The van der Waals surface area contributed by atoms with Crippen LogP contribution in [0.4, 0.5) is 0 Å². The number of benzene rings is 6. The van der Waals surface area contributed by atoms with Gasteiger partial charge in [0.2, 0.25) is 0 Å². The molecule has 8 rings (SSSR count). The van der Waals surface area contributed by atoms with E-state index in [0.717, 1.165) is 34.5 Å². The number of hydrogen-bond acceptors (Lipinski definition) is 6. The predicted octanol–water partition coefficient (Wildman–Crippen LogP) is 13.8. The van der Waals surface area contributed by atoms with Crippen molar-refractivity contribution >= 4 is 11.9 Å². The van der Waals surface area contributed by atoms with Crippen molar-refractivity contribution in [2.45, 2.75) is 142 Å². The minimum Gasteiger partial charge on any atom is -0.497 e. The van der Waals surface area contributed by atoms with Gasteiger partial charge in [0, 0.05) is 0 Å². The minimum atomic E-state index is -0.221. The van der Waals surface area contributed by atoms with Crippen LogP contribution in [-0.2, 0) is 34.7 Å². The zero-order valence-corrected chi connectivity index (χ0v) is 43.7. The number of rotatable bonds is 10. The van der Waals surface area contributed by atoms with Crippen LogP contribution in [0.3, 0.4) is 0 Å². The van der Waals surface area contributed by atoms with E-state index in [9.17, 15) is 0 Å². The van der Waals surface area contributed by atoms with Gasteiger partial charge in [0.05, 0.1) is 33.4 Å². The van der Waals surface area contributed by atoms with E-state index in [1.54, 1.807) is 14.2 Å². The van der Waals surface area contributed by atoms with Crippen molar-refractivity contribution in [3.05, 3.63) is 201 Å². The quantitative estimate of drug-likeness (QED) is 0.134. The molecule has 0 saturated carbocycles. The maximum atomic E-state index is 5.61. The topological polar surface area (TPSA) is 61.1 Å². The van der Waals surface area contributed by atoms with Crippen LogP contribution in [0.5, 0.6) is 11.5 Å². The van der Waals surface area contributed by atoms with Crippen molar-refractivity contribution in [1.82, 2.24) is 15.5 Å². The zero-order valence-electron chi connectivity index (χ0n) is 43.7. The van der Waals surface area contributed by atoms with Crippen LogP contribution in [0.2, 0.25) is 0 Å². The average molecular weight is 923 g/mol. The standard InChI is InChI=1S/C62H75N5O2/c1-59(2,3)47-33-41(34-48(37-47)60(4,5)6)39-66-55(45-21-17-15-18-22-45)56(46-23-19-16-20-24-46)67(40-42-35-49(61(7,8)9)38-50(36-42)62(10,11)12)58(66)65-57-63-53(43-25-29-51(68-13)30-26-43)54(64-57)44-27-31-52(69-14)32-28-44/h15-38,53-56H,39-40H2,1-14H3,(H,63,64)/p+1/t53-,54-,55-,56-/m0/s1. The van der Waals surface area contributed by atoms with Crippen LogP contribution >= 0.6 is 0 Å². The third kappa shape index (κ3) is 10.9. The van der Waals surface area contributed by atoms with Gasteiger partial charge in [0.25, 0.3) is 5.96 Å². The molecule has 7 nitrogen and oxygen atoms in total. The molecule has 2 aliphatic rings. The lowest BCUT2D eigenvalue weighted by Crippen LogP contribution is -2.48. The fourth-order valence-electron chi connectivity index (χ4n) is 9.77. The molecule has 0 saturated heterocycles. The highest BCUT2D eigenvalue weighted by Crippen LogP contribution is 2.45. The number of methoxy groups -OCH3 is 2. The van der Waals surface area contributed by atoms with Crippen LogP contribution < -0.4 is 20.1 Å². The van der Waals surface area contributed by atoms with Crippen molar-refractivity contribution in [1.29, 1.82) is 0 Å². The van der Waals surface area contributed by atoms with E-state index in [2.05, 4.69) is 225 Å². The van der Waals surface area contributed by atoms with Crippen LogP contribution in [0.15, 0.2) is 151 Å². The van der Waals surface area contributed by atoms with Gasteiger partial charge in [0.1, 0.15) is 29.6 Å². The fraction of sp³-hybridized carbons (Fsp3) is 0.387. The van der Waals surface area contributed by atoms with E-state index in [1.165, 1.54) is 44.5 Å². The molecule has 69 heavy (non-hydrogen) atoms. The van der Waals surface area contributed by atoms with Crippen LogP contribution in [0, 0.1) is 0 Å². The van der Waals surface area contributed by atoms with Crippen molar-refractivity contribution < 1.29 is 14.0 Å². The third-order valence-electron chi connectivity index (χ3n) is 14.0. The number of nitrogens with zero attached hydrogens (tertiary/aromatic N) is 3. The Morgan fingerprint density at radius 3 is 1.41 bits per heavy atom. The molecule has 2 N–H and O–H groups in total. The average Bonchev–Trinajstić information content (AvgIpc) is 3.87. The number of hydrogen-bond donors (Lipinski definition) is 2. The third-order valence-corrected chi connectivity index (χ3v) is 14.0. The lowest BCUT2D eigenvalue weighted by molar-refractivity contribution is -0.583. The Balaban J connectivity index is 1.38. The molecular formula is C62H76N5O2+. The van der Waals surface area contributed by atoms with Gasteiger partial charge in [-0.3, -0.25) is 0 Å². The molecule has 0 radical (unpaired) electrons. The summed E-state index contributed by atoms with van der Waals surface area (Å²) in [4.78, 5) is 8.22. The Bertz CT molecular complexity index is 2720. The van der Waals surface area contributed by atoms with E-state index >= 15 is 0 Å². The van der Waals surface area contributed by atoms with Crippen LogP contribution in [0.25, 0.3) is 0 Å². The molecule has 7 heteroatoms. The monoisotopic (exact) mass is 923 g/mol. The first-order valence-electron chi connectivity index (χ1n) is 24.8. The molecule has 360 valence electrons. The van der Waals surface area contributed by atoms with Gasteiger partial charge < -0.3 is 14.8 Å². The molecule has 4 atom stereocenters. The highest BCUT2D eigenvalue weighted by molar-refractivity contribution is 5.98. The maximum Gasteiger partial charge on any atom is 0.357 e. The maximum absolute atomic E-state index is 5.61. The van der Waals surface area contributed by atoms with Crippen molar-refractivity contribution in [2.24, 2.45) is 4.99 Å². The molecule has 0 fully saturated rings. The summed E-state index contributed by atoms with van der Waals surface area (Å²) >= 11 is 0. The van der Waals surface area contributed by atoms with Crippen LogP contribution in [-0.4, -0.2) is 35.6 Å². The van der Waals surface area contributed by atoms with Gasteiger partial charge >= 0.3 is 5.96 Å². The van der Waals surface area contributed by atoms with Gasteiger partial charge in [-0.2, -0.15) is 0 Å². The predicted molar refractivity (Wildman–Crippen MR) is 286 cm³/mol. The largest absolute Gasteiger partial charge is 0.497 e. The molecule has 0 aliphatic carbocycles. The van der Waals surface area contributed by atoms with Gasteiger partial charge in [-0.05, 0) is 102 Å². The summed E-state index contributed by atoms with van der Waals surface area (Å²) in [5.74, 6) is 3.36. The minimum absolute atomic E-state index is 0.0402. The summed E-state index contributed by atoms with van der Waals surface area (Å²) in [6, 6.07) is 53.1. The SMILES string of the molecule is COc1ccc([C@@H]2N=C(NC3=[N+](Cc4cc(C(C)(C)C)cc(C(C)(C)C)c4)[C@@H](c4ccccc4)[C@H](c4ccccc4)N3Cc3cc(C(C)(C)C)cc(C(C)(C)C)c3)N[C@H]2c2ccc(OC)cc2)cc1. The second-order valence-electron chi connectivity index (χ2n) is 23.3. The molecule has 0 spiro atoms. The summed E-state index contributed by atoms with van der Waals surface area (Å²) in [5, 5.41) is 8.04. The molecule has 6 aromatic carbocycles. The van der Waals surface area contributed by atoms with Crippen molar-refractivity contribution in [2.75, 3.05) is 14.2 Å². The van der Waals surface area contributed by atoms with Crippen LogP contribution in [0.1, 0.15) is 163 Å². The Kier molecular flexibility index (Phi) is 13.7. The number of aliphatic imine (C=N–C) groups is 1. The Morgan fingerprint density at radius 1 is 0.522 bits per heavy atom. The summed E-state index contributed by atoms with van der Waals surface area (Å²) < 4.78 is 13.8. The van der Waals surface area contributed by atoms with Gasteiger partial charge in [-0.25, -0.2) is 19.8 Å². The fourth-order valence-corrected chi connectivity index (χ4v) is 9.77.